The van der Waals surface area contributed by atoms with Crippen molar-refractivity contribution in [3.8, 4) is 5.75 Å². The molecule has 20 heteroatoms. The first kappa shape index (κ1) is 45.7. The molecule has 3 aliphatic heterocycles. The van der Waals surface area contributed by atoms with Gasteiger partial charge in [-0.25, -0.2) is 19.3 Å². The topological polar surface area (TPSA) is 195 Å². The predicted octanol–water partition coefficient (Wildman–Crippen LogP) is 6.68. The van der Waals surface area contributed by atoms with E-state index >= 15 is 0 Å². The lowest BCUT2D eigenvalue weighted by molar-refractivity contribution is -0.384. The van der Waals surface area contributed by atoms with Crippen molar-refractivity contribution in [1.29, 1.82) is 0 Å². The number of carbonyl (C=O) groups excluding carboxylic acids is 5. The molecule has 0 saturated carbocycles. The number of hydrogen-bond donors (Lipinski definition) is 1. The number of aliphatic hydroxyl groups is 1. The van der Waals surface area contributed by atoms with Gasteiger partial charge in [-0.15, -0.1) is 24.9 Å². The number of nitro benzene ring substituents is 1. The number of carbonyl (C=O) groups is 5. The van der Waals surface area contributed by atoms with Crippen molar-refractivity contribution >= 4 is 47.4 Å². The molecular weight excluding hydrogens is 818 g/mol. The molecule has 2 fully saturated rings. The minimum absolute atomic E-state index is 0.0757. The first-order valence-corrected chi connectivity index (χ1v) is 19.8. The number of β-lactam (4-membered cyclic amide) rings is 1. The maximum Gasteiger partial charge on any atom is 0.573 e. The van der Waals surface area contributed by atoms with Gasteiger partial charge in [-0.3, -0.25) is 24.6 Å². The maximum absolute atomic E-state index is 14.6. The quantitative estimate of drug-likeness (QED) is 0.0827. The fourth-order valence-electron chi connectivity index (χ4n) is 7.13. The van der Waals surface area contributed by atoms with Crippen LogP contribution in [0.4, 0.5) is 28.4 Å². The third kappa shape index (κ3) is 10.7. The number of imide groups is 1. The zero-order valence-electron chi connectivity index (χ0n) is 34.2. The molecule has 16 nitrogen and oxygen atoms in total. The highest BCUT2D eigenvalue weighted by Crippen LogP contribution is 2.52. The lowest BCUT2D eigenvalue weighted by Gasteiger charge is -2.46. The summed E-state index contributed by atoms with van der Waals surface area (Å²) < 4.78 is 59.3. The van der Waals surface area contributed by atoms with E-state index in [0.717, 1.165) is 33.7 Å². The third-order valence-corrected chi connectivity index (χ3v) is 11.2. The van der Waals surface area contributed by atoms with E-state index in [0.29, 0.717) is 10.5 Å². The molecule has 326 valence electrons. The Hall–Kier alpha value is -5.37. The molecule has 2 aromatic carbocycles. The van der Waals surface area contributed by atoms with Crippen molar-refractivity contribution < 1.29 is 66.1 Å². The van der Waals surface area contributed by atoms with Crippen LogP contribution >= 0.6 is 11.8 Å². The molecule has 4 amide bonds. The molecule has 60 heavy (non-hydrogen) atoms. The van der Waals surface area contributed by atoms with E-state index in [4.69, 9.17) is 14.2 Å². The maximum atomic E-state index is 14.6. The Kier molecular flexibility index (Phi) is 13.2. The van der Waals surface area contributed by atoms with E-state index < -0.39 is 100 Å². The molecule has 0 spiro atoms. The normalized spacial score (nSPS) is 22.1. The minimum Gasteiger partial charge on any atom is -0.456 e. The lowest BCUT2D eigenvalue weighted by Crippen LogP contribution is -2.63. The van der Waals surface area contributed by atoms with Crippen molar-refractivity contribution in [2.24, 2.45) is 11.8 Å². The fraction of sp³-hybridized carbons (Fsp3) is 0.525. The summed E-state index contributed by atoms with van der Waals surface area (Å²) in [7, 11) is 0. The monoisotopic (exact) mass is 864 g/mol. The summed E-state index contributed by atoms with van der Waals surface area (Å²) in [5, 5.41) is 21.0. The average molecular weight is 865 g/mol. The summed E-state index contributed by atoms with van der Waals surface area (Å²) in [6, 6.07) is 7.94. The number of non-ortho nitro benzene ring substituents is 1. The van der Waals surface area contributed by atoms with Crippen LogP contribution in [0.25, 0.3) is 0 Å². The molecule has 5 rings (SSSR count). The number of nitro groups is 1. The molecule has 3 heterocycles. The molecule has 3 aliphatic rings. The number of halogens is 3. The number of ether oxygens (including phenoxy) is 4. The Labute approximate surface area is 348 Å². The highest BCUT2D eigenvalue weighted by Gasteiger charge is 2.61. The van der Waals surface area contributed by atoms with Crippen molar-refractivity contribution in [3.63, 3.8) is 0 Å². The van der Waals surface area contributed by atoms with Gasteiger partial charge in [0.1, 0.15) is 35.3 Å². The van der Waals surface area contributed by atoms with Crippen LogP contribution in [-0.4, -0.2) is 102 Å². The zero-order valence-corrected chi connectivity index (χ0v) is 35.0. The van der Waals surface area contributed by atoms with E-state index in [2.05, 4.69) is 4.74 Å². The first-order valence-electron chi connectivity index (χ1n) is 19.0. The van der Waals surface area contributed by atoms with E-state index in [9.17, 15) is 52.4 Å². The van der Waals surface area contributed by atoms with Crippen molar-refractivity contribution in [3.05, 3.63) is 80.4 Å². The summed E-state index contributed by atoms with van der Waals surface area (Å²) in [5.74, 6) is -4.12. The Morgan fingerprint density at radius 3 is 2.08 bits per heavy atom. The molecule has 1 N–H and O–H groups in total. The van der Waals surface area contributed by atoms with E-state index in [1.807, 2.05) is 0 Å². The van der Waals surface area contributed by atoms with Crippen LogP contribution in [0.1, 0.15) is 72.9 Å². The van der Waals surface area contributed by atoms with Gasteiger partial charge in [0.25, 0.3) is 11.6 Å². The lowest BCUT2D eigenvalue weighted by atomic mass is 9.79. The summed E-state index contributed by atoms with van der Waals surface area (Å²) in [5.41, 5.74) is -1.65. The molecular formula is C40H47F3N4O12S. The van der Waals surface area contributed by atoms with Crippen LogP contribution in [0.3, 0.4) is 0 Å². The zero-order chi connectivity index (χ0) is 44.6. The number of hydrogen-bond acceptors (Lipinski definition) is 13. The van der Waals surface area contributed by atoms with Gasteiger partial charge in [0.15, 0.2) is 0 Å². The van der Waals surface area contributed by atoms with Crippen molar-refractivity contribution in [2.75, 3.05) is 6.54 Å². The number of rotatable bonds is 11. The van der Waals surface area contributed by atoms with E-state index in [1.54, 1.807) is 48.5 Å². The first-order chi connectivity index (χ1) is 27.7. The number of aliphatic hydroxyl groups excluding tert-OH is 1. The Morgan fingerprint density at radius 1 is 0.967 bits per heavy atom. The number of nitrogens with zero attached hydrogens (tertiary/aromatic N) is 4. The van der Waals surface area contributed by atoms with Gasteiger partial charge in [0.2, 0.25) is 5.91 Å². The minimum atomic E-state index is -4.95. The number of thioether (sulfide) groups is 1. The van der Waals surface area contributed by atoms with Crippen LogP contribution < -0.4 is 4.74 Å². The number of benzene rings is 2. The van der Waals surface area contributed by atoms with Crippen LogP contribution in [0, 0.1) is 22.0 Å². The highest BCUT2D eigenvalue weighted by atomic mass is 32.2. The molecule has 3 unspecified atom stereocenters. The number of fused-ring (bicyclic) bond motifs is 1. The van der Waals surface area contributed by atoms with E-state index in [1.165, 1.54) is 48.2 Å². The Morgan fingerprint density at radius 2 is 1.55 bits per heavy atom. The number of esters is 1. The molecule has 0 radical (unpaired) electrons. The van der Waals surface area contributed by atoms with Crippen LogP contribution in [0.15, 0.2) is 59.1 Å². The van der Waals surface area contributed by atoms with Crippen LogP contribution in [-0.2, 0) is 41.7 Å². The van der Waals surface area contributed by atoms with E-state index in [-0.39, 0.29) is 36.5 Å². The second-order valence-corrected chi connectivity index (χ2v) is 18.0. The largest absolute Gasteiger partial charge is 0.573 e. The molecule has 6 atom stereocenters. The average Bonchev–Trinajstić information content (AvgIpc) is 3.65. The number of amides is 4. The molecule has 0 aliphatic carbocycles. The van der Waals surface area contributed by atoms with Gasteiger partial charge in [0, 0.05) is 34.8 Å². The second-order valence-electron chi connectivity index (χ2n) is 16.7. The SMILES string of the molecule is CC1C(S[C@H]2C[C@@H](C(=O)N(Cc3ccc(OC(F)(F)F)cc3)C(=O)OC(C)(C)C)N(C(=O)OC(C)(C)C)C2)=C(C(=O)OCc2ccc([N+](=O)[O-])cc2)N2C(=O)C([C@@H](C)O)C12. The van der Waals surface area contributed by atoms with Crippen LogP contribution in [0.5, 0.6) is 5.75 Å². The smallest absolute Gasteiger partial charge is 0.456 e. The Balaban J connectivity index is 1.47. The third-order valence-electron chi connectivity index (χ3n) is 9.67. The Bertz CT molecular complexity index is 2030. The second kappa shape index (κ2) is 17.3. The molecule has 0 bridgehead atoms. The molecule has 2 aromatic rings. The van der Waals surface area contributed by atoms with Gasteiger partial charge in [-0.1, -0.05) is 19.1 Å². The van der Waals surface area contributed by atoms with Crippen molar-refractivity contribution in [2.45, 2.75) is 116 Å². The summed E-state index contributed by atoms with van der Waals surface area (Å²) >= 11 is 1.14. The van der Waals surface area contributed by atoms with Crippen molar-refractivity contribution in [1.82, 2.24) is 14.7 Å². The van der Waals surface area contributed by atoms with Gasteiger partial charge >= 0.3 is 24.5 Å². The van der Waals surface area contributed by atoms with Gasteiger partial charge in [-0.2, -0.15) is 0 Å². The standard InChI is InChI=1S/C40H47F3N4O12S/c1-21-30-29(22(2)48)34(50)46(30)31(35(51)56-20-24-9-13-25(14-10-24)47(54)55)32(21)60-27-17-28(44(19-27)36(52)58-38(3,4)5)33(49)45(37(53)59-39(6,7)8)18-23-11-15-26(16-12-23)57-40(41,42)43/h9-16,21-22,27-30,48H,17-20H2,1-8H3/t21?,22-,27+,28+,29?,30?/m1/s1. The summed E-state index contributed by atoms with van der Waals surface area (Å²) in [4.78, 5) is 83.4. The predicted molar refractivity (Wildman–Crippen MR) is 208 cm³/mol. The van der Waals surface area contributed by atoms with Gasteiger partial charge in [-0.05, 0) is 90.3 Å². The van der Waals surface area contributed by atoms with Gasteiger partial charge in [0.05, 0.1) is 29.5 Å². The number of alkyl halides is 3. The van der Waals surface area contributed by atoms with Crippen LogP contribution in [0.2, 0.25) is 0 Å². The molecule has 2 saturated heterocycles. The summed E-state index contributed by atoms with van der Waals surface area (Å²) in [6.45, 7) is 12.0. The number of likely N-dealkylation sites (tertiary alicyclic amines) is 1. The fourth-order valence-corrected chi connectivity index (χ4v) is 8.65. The van der Waals surface area contributed by atoms with Gasteiger partial charge < -0.3 is 29.0 Å². The summed E-state index contributed by atoms with van der Waals surface area (Å²) in [6.07, 6.45) is -8.05. The highest BCUT2D eigenvalue weighted by molar-refractivity contribution is 8.03. The molecule has 0 aromatic heterocycles.